The molecule has 1 aliphatic carbocycles. The fraction of sp³-hybridized carbons (Fsp3) is 0.833. The first-order chi connectivity index (χ1) is 15.6. The molecule has 9 nitrogen and oxygen atoms in total. The Morgan fingerprint density at radius 3 is 2.52 bits per heavy atom. The van der Waals surface area contributed by atoms with Gasteiger partial charge in [0.25, 0.3) is 0 Å². The molecule has 0 aromatic carbocycles. The van der Waals surface area contributed by atoms with E-state index in [1.165, 1.54) is 5.57 Å². The van der Waals surface area contributed by atoms with Crippen LogP contribution in [0.15, 0.2) is 11.6 Å². The molecular formula is C24H38N2O7. The minimum absolute atomic E-state index is 0.00142. The van der Waals surface area contributed by atoms with E-state index in [1.54, 1.807) is 12.0 Å². The van der Waals surface area contributed by atoms with Gasteiger partial charge in [-0.25, -0.2) is 9.59 Å². The van der Waals surface area contributed by atoms with Gasteiger partial charge in [0.05, 0.1) is 31.7 Å². The highest BCUT2D eigenvalue weighted by Crippen LogP contribution is 2.59. The molecule has 2 amide bonds. The maximum atomic E-state index is 12.8. The number of hydrogen-bond acceptors (Lipinski definition) is 7. The molecule has 9 heteroatoms. The lowest BCUT2D eigenvalue weighted by molar-refractivity contribution is -0.126. The third kappa shape index (κ3) is 5.00. The number of allylic oxidation sites excluding steroid dienone is 1. The van der Waals surface area contributed by atoms with Crippen LogP contribution in [0.25, 0.3) is 0 Å². The Labute approximate surface area is 196 Å². The van der Waals surface area contributed by atoms with Crippen LogP contribution in [0.1, 0.15) is 53.9 Å². The van der Waals surface area contributed by atoms with E-state index in [1.807, 2.05) is 13.8 Å². The van der Waals surface area contributed by atoms with Gasteiger partial charge in [-0.2, -0.15) is 0 Å². The number of likely N-dealkylation sites (tertiary alicyclic amines) is 1. The number of hydrogen-bond donors (Lipinski definition) is 1. The Kier molecular flexibility index (Phi) is 6.68. The van der Waals surface area contributed by atoms with Crippen molar-refractivity contribution in [3.63, 3.8) is 0 Å². The predicted octanol–water partition coefficient (Wildman–Crippen LogP) is 3.02. The van der Waals surface area contributed by atoms with E-state index in [0.717, 1.165) is 12.8 Å². The average Bonchev–Trinajstić information content (AvgIpc) is 3.61. The molecule has 1 saturated carbocycles. The Morgan fingerprint density at radius 1 is 1.24 bits per heavy atom. The second kappa shape index (κ2) is 9.07. The van der Waals surface area contributed by atoms with E-state index in [-0.39, 0.29) is 47.6 Å². The molecule has 6 atom stereocenters. The third-order valence-corrected chi connectivity index (χ3v) is 7.28. The molecule has 3 saturated heterocycles. The number of nitrogens with zero attached hydrogens (tertiary/aromatic N) is 1. The second-order valence-corrected chi connectivity index (χ2v) is 10.5. The number of methoxy groups -OCH3 is 1. The van der Waals surface area contributed by atoms with Crippen LogP contribution in [0, 0.1) is 5.92 Å². The van der Waals surface area contributed by atoms with E-state index in [2.05, 4.69) is 32.2 Å². The summed E-state index contributed by atoms with van der Waals surface area (Å²) in [5.41, 5.74) is 0.646. The first kappa shape index (κ1) is 24.3. The largest absolute Gasteiger partial charge is 0.443 e. The van der Waals surface area contributed by atoms with Gasteiger partial charge < -0.3 is 33.9 Å². The van der Waals surface area contributed by atoms with Gasteiger partial charge in [-0.05, 0) is 53.9 Å². The van der Waals surface area contributed by atoms with E-state index in [9.17, 15) is 9.59 Å². The summed E-state index contributed by atoms with van der Waals surface area (Å²) in [7, 11) is 1.66. The highest BCUT2D eigenvalue weighted by atomic mass is 16.6. The summed E-state index contributed by atoms with van der Waals surface area (Å²) < 4.78 is 29.3. The standard InChI is InChI=1S/C24H38N2O7/c1-14(2)7-8-18-23(5,33-18)20-19(29-6)17(9-10-24(20)13-30-24)32-22(28)26-11-16(12-26)31-21(27)25-15(3)4/h7,15-20H,8-13H2,1-6H3,(H,25,27)/t17-,18-,19-,20?,23+,24+/m1/s1. The summed E-state index contributed by atoms with van der Waals surface area (Å²) in [6.45, 7) is 11.4. The molecule has 0 bridgehead atoms. The normalized spacial score (nSPS) is 37.4. The quantitative estimate of drug-likeness (QED) is 0.454. The zero-order valence-electron chi connectivity index (χ0n) is 20.6. The molecule has 4 aliphatic rings. The molecule has 1 unspecified atom stereocenters. The summed E-state index contributed by atoms with van der Waals surface area (Å²) in [6.07, 6.45) is 2.78. The first-order valence-corrected chi connectivity index (χ1v) is 12.0. The number of alkyl carbamates (subject to hydrolysis) is 1. The van der Waals surface area contributed by atoms with Gasteiger partial charge >= 0.3 is 12.2 Å². The summed E-state index contributed by atoms with van der Waals surface area (Å²) in [5, 5.41) is 2.68. The molecule has 0 aromatic rings. The molecule has 4 rings (SSSR count). The average molecular weight is 467 g/mol. The van der Waals surface area contributed by atoms with Crippen molar-refractivity contribution >= 4 is 12.2 Å². The molecule has 186 valence electrons. The lowest BCUT2D eigenvalue weighted by Gasteiger charge is -2.44. The summed E-state index contributed by atoms with van der Waals surface area (Å²) >= 11 is 0. The van der Waals surface area contributed by atoms with Gasteiger partial charge in [-0.1, -0.05) is 11.6 Å². The molecule has 3 aliphatic heterocycles. The summed E-state index contributed by atoms with van der Waals surface area (Å²) in [4.78, 5) is 26.1. The summed E-state index contributed by atoms with van der Waals surface area (Å²) in [6, 6.07) is 0.00142. The molecule has 3 heterocycles. The number of carbonyl (C=O) groups is 2. The van der Waals surface area contributed by atoms with Crippen LogP contribution in [-0.4, -0.2) is 85.6 Å². The van der Waals surface area contributed by atoms with E-state index >= 15 is 0 Å². The van der Waals surface area contributed by atoms with Crippen molar-refractivity contribution in [2.75, 3.05) is 26.8 Å². The first-order valence-electron chi connectivity index (χ1n) is 12.0. The molecule has 33 heavy (non-hydrogen) atoms. The zero-order chi connectivity index (χ0) is 24.0. The Morgan fingerprint density at radius 2 is 1.94 bits per heavy atom. The van der Waals surface area contributed by atoms with Crippen LogP contribution in [0.2, 0.25) is 0 Å². The molecule has 0 radical (unpaired) electrons. The minimum Gasteiger partial charge on any atom is -0.443 e. The number of epoxide rings is 2. The fourth-order valence-corrected chi connectivity index (χ4v) is 5.36. The third-order valence-electron chi connectivity index (χ3n) is 7.28. The van der Waals surface area contributed by atoms with Crippen molar-refractivity contribution < 1.29 is 33.3 Å². The maximum Gasteiger partial charge on any atom is 0.410 e. The monoisotopic (exact) mass is 466 g/mol. The van der Waals surface area contributed by atoms with Crippen LogP contribution >= 0.6 is 0 Å². The van der Waals surface area contributed by atoms with Gasteiger partial charge in [0, 0.05) is 13.2 Å². The number of ether oxygens (including phenoxy) is 5. The maximum absolute atomic E-state index is 12.8. The second-order valence-electron chi connectivity index (χ2n) is 10.5. The van der Waals surface area contributed by atoms with Crippen molar-refractivity contribution in [2.45, 2.75) is 95.5 Å². The van der Waals surface area contributed by atoms with Crippen LogP contribution < -0.4 is 5.32 Å². The highest BCUT2D eigenvalue weighted by molar-refractivity contribution is 5.70. The topological polar surface area (TPSA) is 102 Å². The number of amides is 2. The Balaban J connectivity index is 1.34. The number of carbonyl (C=O) groups excluding carboxylic acids is 2. The molecule has 1 N–H and O–H groups in total. The minimum atomic E-state index is -0.465. The van der Waals surface area contributed by atoms with E-state index < -0.39 is 12.2 Å². The van der Waals surface area contributed by atoms with Crippen molar-refractivity contribution in [3.05, 3.63) is 11.6 Å². The Bertz CT molecular complexity index is 786. The van der Waals surface area contributed by atoms with Crippen LogP contribution in [0.4, 0.5) is 9.59 Å². The van der Waals surface area contributed by atoms with Gasteiger partial charge in [0.2, 0.25) is 0 Å². The lowest BCUT2D eigenvalue weighted by Crippen LogP contribution is -2.59. The zero-order valence-corrected chi connectivity index (χ0v) is 20.6. The fourth-order valence-electron chi connectivity index (χ4n) is 5.36. The van der Waals surface area contributed by atoms with Crippen LogP contribution in [0.5, 0.6) is 0 Å². The molecular weight excluding hydrogens is 428 g/mol. The summed E-state index contributed by atoms with van der Waals surface area (Å²) in [5.74, 6) is -0.00989. The SMILES string of the molecule is CO[C@H]1C([C@@]2(C)O[C@@H]2CC=C(C)C)[C@]2(CC[C@H]1OC(=O)N1CC(OC(=O)NC(C)C)C1)CO2. The van der Waals surface area contributed by atoms with E-state index in [4.69, 9.17) is 23.7 Å². The van der Waals surface area contributed by atoms with Crippen LogP contribution in [-0.2, 0) is 23.7 Å². The molecule has 4 fully saturated rings. The van der Waals surface area contributed by atoms with Gasteiger partial charge in [0.1, 0.15) is 29.5 Å². The van der Waals surface area contributed by atoms with Gasteiger partial charge in [0.15, 0.2) is 0 Å². The number of nitrogens with one attached hydrogen (secondary N) is 1. The smallest absolute Gasteiger partial charge is 0.410 e. The Hall–Kier alpha value is -1.84. The lowest BCUT2D eigenvalue weighted by atomic mass is 9.68. The van der Waals surface area contributed by atoms with Crippen molar-refractivity contribution in [1.29, 1.82) is 0 Å². The van der Waals surface area contributed by atoms with Crippen molar-refractivity contribution in [1.82, 2.24) is 10.2 Å². The molecule has 1 spiro atoms. The van der Waals surface area contributed by atoms with Crippen molar-refractivity contribution in [2.24, 2.45) is 5.92 Å². The van der Waals surface area contributed by atoms with Gasteiger partial charge in [-0.15, -0.1) is 0 Å². The van der Waals surface area contributed by atoms with Gasteiger partial charge in [-0.3, -0.25) is 0 Å². The highest BCUT2D eigenvalue weighted by Gasteiger charge is 2.72. The predicted molar refractivity (Wildman–Crippen MR) is 120 cm³/mol. The molecule has 0 aromatic heterocycles. The van der Waals surface area contributed by atoms with Crippen LogP contribution in [0.3, 0.4) is 0 Å². The van der Waals surface area contributed by atoms with E-state index in [0.29, 0.717) is 26.1 Å². The van der Waals surface area contributed by atoms with Crippen molar-refractivity contribution in [3.8, 4) is 0 Å². The number of rotatable bonds is 7.